The SMILES string of the molecule is C=C(C(C)O)N(CC)C(=O)N(C)c1cc2c(C(C)C3CC3)nn(-c3c(F)cccc3Cl)c(=O)c2cc1F. The lowest BCUT2D eigenvalue weighted by Crippen LogP contribution is -2.42. The third kappa shape index (κ3) is 4.85. The number of rotatable bonds is 7. The standard InChI is InChI=1S/C27H29ClF2N4O3/c1-6-33(15(3)16(4)35)27(37)32(5)23-13-18-19(12-22(23)30)26(36)34(25-20(28)8-7-9-21(25)29)31-24(18)14(2)17-10-11-17/h7-9,12-14,16-17,35H,3,6,10-11H2,1-2,4-5H3. The van der Waals surface area contributed by atoms with Gasteiger partial charge in [-0.1, -0.05) is 31.2 Å². The first-order valence-electron chi connectivity index (χ1n) is 12.1. The van der Waals surface area contributed by atoms with Crippen LogP contribution in [0.3, 0.4) is 0 Å². The highest BCUT2D eigenvalue weighted by Gasteiger charge is 2.33. The molecule has 2 aromatic carbocycles. The summed E-state index contributed by atoms with van der Waals surface area (Å²) in [5, 5.41) is 14.8. The van der Waals surface area contributed by atoms with Crippen LogP contribution in [0.2, 0.25) is 5.02 Å². The number of nitrogens with zero attached hydrogens (tertiary/aromatic N) is 4. The maximum absolute atomic E-state index is 15.5. The molecule has 0 bridgehead atoms. The van der Waals surface area contributed by atoms with Crippen molar-refractivity contribution in [2.45, 2.75) is 45.6 Å². The van der Waals surface area contributed by atoms with E-state index in [4.69, 9.17) is 11.6 Å². The van der Waals surface area contributed by atoms with Gasteiger partial charge in [-0.3, -0.25) is 14.6 Å². The molecule has 1 heterocycles. The molecule has 37 heavy (non-hydrogen) atoms. The van der Waals surface area contributed by atoms with Crippen molar-refractivity contribution < 1.29 is 18.7 Å². The fourth-order valence-electron chi connectivity index (χ4n) is 4.50. The number of hydrogen-bond acceptors (Lipinski definition) is 4. The van der Waals surface area contributed by atoms with Crippen LogP contribution in [0.25, 0.3) is 16.5 Å². The molecule has 0 spiro atoms. The highest BCUT2D eigenvalue weighted by atomic mass is 35.5. The molecule has 196 valence electrons. The molecule has 10 heteroatoms. The zero-order chi connectivity index (χ0) is 27.2. The first-order valence-corrected chi connectivity index (χ1v) is 12.5. The molecule has 3 aromatic rings. The van der Waals surface area contributed by atoms with E-state index in [1.54, 1.807) is 6.92 Å². The molecular formula is C27H29ClF2N4O3. The maximum atomic E-state index is 15.5. The van der Waals surface area contributed by atoms with E-state index in [0.717, 1.165) is 28.5 Å². The van der Waals surface area contributed by atoms with Gasteiger partial charge in [0, 0.05) is 30.6 Å². The number of anilines is 1. The number of amides is 2. The van der Waals surface area contributed by atoms with Crippen LogP contribution in [0.15, 0.2) is 47.4 Å². The molecule has 1 N–H and O–H groups in total. The zero-order valence-electron chi connectivity index (χ0n) is 21.1. The second kappa shape index (κ2) is 10.2. The molecule has 1 saturated carbocycles. The summed E-state index contributed by atoms with van der Waals surface area (Å²) >= 11 is 6.23. The molecule has 0 radical (unpaired) electrons. The Morgan fingerprint density at radius 2 is 1.92 bits per heavy atom. The molecule has 2 unspecified atom stereocenters. The van der Waals surface area contributed by atoms with Gasteiger partial charge in [0.25, 0.3) is 5.56 Å². The molecule has 1 aliphatic carbocycles. The van der Waals surface area contributed by atoms with Crippen molar-refractivity contribution in [3.63, 3.8) is 0 Å². The summed E-state index contributed by atoms with van der Waals surface area (Å²) in [5.41, 5.74) is -0.339. The Morgan fingerprint density at radius 1 is 1.24 bits per heavy atom. The number of urea groups is 1. The molecule has 2 atom stereocenters. The minimum absolute atomic E-state index is 0.000318. The fourth-order valence-corrected chi connectivity index (χ4v) is 4.74. The molecule has 1 fully saturated rings. The number of carbonyl (C=O) groups is 1. The third-order valence-electron chi connectivity index (χ3n) is 6.93. The van der Waals surface area contributed by atoms with E-state index >= 15 is 4.39 Å². The first-order chi connectivity index (χ1) is 17.5. The van der Waals surface area contributed by atoms with Crippen molar-refractivity contribution in [1.82, 2.24) is 14.7 Å². The number of para-hydroxylation sites is 1. The van der Waals surface area contributed by atoms with E-state index in [0.29, 0.717) is 17.0 Å². The van der Waals surface area contributed by atoms with Gasteiger partial charge in [0.05, 0.1) is 27.9 Å². The number of likely N-dealkylation sites (N-methyl/N-ethyl adjacent to an activating group) is 1. The van der Waals surface area contributed by atoms with Gasteiger partial charge >= 0.3 is 6.03 Å². The predicted molar refractivity (Wildman–Crippen MR) is 140 cm³/mol. The van der Waals surface area contributed by atoms with E-state index in [2.05, 4.69) is 11.7 Å². The number of aromatic nitrogens is 2. The Labute approximate surface area is 218 Å². The molecular weight excluding hydrogens is 502 g/mol. The summed E-state index contributed by atoms with van der Waals surface area (Å²) in [7, 11) is 1.41. The predicted octanol–water partition coefficient (Wildman–Crippen LogP) is 5.60. The number of aliphatic hydroxyl groups is 1. The van der Waals surface area contributed by atoms with Gasteiger partial charge < -0.3 is 5.11 Å². The lowest BCUT2D eigenvalue weighted by Gasteiger charge is -2.30. The molecule has 7 nitrogen and oxygen atoms in total. The normalized spacial score (nSPS) is 14.9. The molecule has 0 saturated heterocycles. The van der Waals surface area contributed by atoms with E-state index in [1.165, 1.54) is 43.1 Å². The quantitative estimate of drug-likeness (QED) is 0.431. The van der Waals surface area contributed by atoms with Crippen molar-refractivity contribution in [3.05, 3.63) is 75.3 Å². The minimum atomic E-state index is -0.974. The van der Waals surface area contributed by atoms with Gasteiger partial charge in [0.2, 0.25) is 0 Å². The van der Waals surface area contributed by atoms with Gasteiger partial charge in [0.1, 0.15) is 11.5 Å². The summed E-state index contributed by atoms with van der Waals surface area (Å²) in [6.45, 7) is 9.13. The minimum Gasteiger partial charge on any atom is -0.387 e. The number of hydrogen-bond donors (Lipinski definition) is 1. The van der Waals surface area contributed by atoms with Gasteiger partial charge in [0.15, 0.2) is 5.82 Å². The monoisotopic (exact) mass is 530 g/mol. The van der Waals surface area contributed by atoms with Gasteiger partial charge in [-0.05, 0) is 56.9 Å². The number of halogens is 3. The van der Waals surface area contributed by atoms with Gasteiger partial charge in [-0.25, -0.2) is 13.6 Å². The van der Waals surface area contributed by atoms with Crippen LogP contribution in [0.5, 0.6) is 0 Å². The number of aliphatic hydroxyl groups excluding tert-OH is 1. The van der Waals surface area contributed by atoms with Crippen LogP contribution in [0.4, 0.5) is 19.3 Å². The highest BCUT2D eigenvalue weighted by molar-refractivity contribution is 6.32. The van der Waals surface area contributed by atoms with E-state index in [-0.39, 0.29) is 39.9 Å². The van der Waals surface area contributed by atoms with Crippen molar-refractivity contribution in [2.75, 3.05) is 18.5 Å². The van der Waals surface area contributed by atoms with E-state index in [1.807, 2.05) is 6.92 Å². The van der Waals surface area contributed by atoms with Crippen LogP contribution < -0.4 is 10.5 Å². The second-order valence-electron chi connectivity index (χ2n) is 9.40. The largest absolute Gasteiger partial charge is 0.387 e. The molecule has 2 amide bonds. The van der Waals surface area contributed by atoms with Crippen molar-refractivity contribution in [2.24, 2.45) is 5.92 Å². The highest BCUT2D eigenvalue weighted by Crippen LogP contribution is 2.43. The molecule has 1 aliphatic rings. The topological polar surface area (TPSA) is 78.7 Å². The summed E-state index contributed by atoms with van der Waals surface area (Å²) in [4.78, 5) is 29.0. The Bertz CT molecular complexity index is 1430. The van der Waals surface area contributed by atoms with Crippen molar-refractivity contribution >= 4 is 34.1 Å². The average Bonchev–Trinajstić information content (AvgIpc) is 3.70. The first kappa shape index (κ1) is 26.8. The zero-order valence-corrected chi connectivity index (χ0v) is 21.9. The Kier molecular flexibility index (Phi) is 7.39. The molecule has 1 aromatic heterocycles. The van der Waals surface area contributed by atoms with Gasteiger partial charge in [-0.2, -0.15) is 9.78 Å². The Balaban J connectivity index is 1.93. The van der Waals surface area contributed by atoms with E-state index in [9.17, 15) is 19.1 Å². The Hall–Kier alpha value is -3.30. The van der Waals surface area contributed by atoms with Crippen LogP contribution in [-0.2, 0) is 0 Å². The summed E-state index contributed by atoms with van der Waals surface area (Å²) in [6, 6.07) is 5.93. The summed E-state index contributed by atoms with van der Waals surface area (Å²) < 4.78 is 31.1. The summed E-state index contributed by atoms with van der Waals surface area (Å²) in [6.07, 6.45) is 0.977. The number of benzene rings is 2. The van der Waals surface area contributed by atoms with Gasteiger partial charge in [-0.15, -0.1) is 0 Å². The fraction of sp³-hybridized carbons (Fsp3) is 0.370. The smallest absolute Gasteiger partial charge is 0.328 e. The van der Waals surface area contributed by atoms with Crippen LogP contribution in [0.1, 0.15) is 45.2 Å². The molecule has 4 rings (SSSR count). The summed E-state index contributed by atoms with van der Waals surface area (Å²) in [5.74, 6) is -1.34. The van der Waals surface area contributed by atoms with Crippen LogP contribution in [-0.4, -0.2) is 45.5 Å². The maximum Gasteiger partial charge on any atom is 0.328 e. The van der Waals surface area contributed by atoms with Crippen molar-refractivity contribution in [3.8, 4) is 5.69 Å². The van der Waals surface area contributed by atoms with Crippen LogP contribution in [0, 0.1) is 17.6 Å². The Morgan fingerprint density at radius 3 is 2.49 bits per heavy atom. The second-order valence-corrected chi connectivity index (χ2v) is 9.81. The van der Waals surface area contributed by atoms with E-state index < -0.39 is 29.3 Å². The number of fused-ring (bicyclic) bond motifs is 1. The van der Waals surface area contributed by atoms with Crippen LogP contribution >= 0.6 is 11.6 Å². The third-order valence-corrected chi connectivity index (χ3v) is 7.23. The lowest BCUT2D eigenvalue weighted by molar-refractivity contribution is 0.177. The number of carbonyl (C=O) groups excluding carboxylic acids is 1. The lowest BCUT2D eigenvalue weighted by atomic mass is 9.96. The molecule has 0 aliphatic heterocycles. The average molecular weight is 531 g/mol. The van der Waals surface area contributed by atoms with Crippen molar-refractivity contribution in [1.29, 1.82) is 0 Å².